The summed E-state index contributed by atoms with van der Waals surface area (Å²) in [6.07, 6.45) is 1.01. The molecule has 0 aliphatic carbocycles. The summed E-state index contributed by atoms with van der Waals surface area (Å²) in [4.78, 5) is 0. The lowest BCUT2D eigenvalue weighted by molar-refractivity contribution is 0.390. The van der Waals surface area contributed by atoms with Gasteiger partial charge in [-0.1, -0.05) is 20.8 Å². The summed E-state index contributed by atoms with van der Waals surface area (Å²) >= 11 is 0. The lowest BCUT2D eigenvalue weighted by atomic mass is 9.92. The van der Waals surface area contributed by atoms with E-state index in [2.05, 4.69) is 26.1 Å². The summed E-state index contributed by atoms with van der Waals surface area (Å²) < 4.78 is 13.2. The molecule has 86 valence electrons. The van der Waals surface area contributed by atoms with Crippen LogP contribution in [0.15, 0.2) is 18.2 Å². The number of hydrogen-bond donors (Lipinski definition) is 1. The van der Waals surface area contributed by atoms with E-state index in [1.807, 2.05) is 0 Å². The highest BCUT2D eigenvalue weighted by atomic mass is 19.1. The van der Waals surface area contributed by atoms with Crippen molar-refractivity contribution in [1.29, 1.82) is 5.26 Å². The molecule has 0 saturated heterocycles. The molecule has 1 aromatic rings. The number of anilines is 1. The zero-order chi connectivity index (χ0) is 12.2. The Morgan fingerprint density at radius 3 is 2.56 bits per heavy atom. The molecule has 0 aliphatic rings. The third-order valence-electron chi connectivity index (χ3n) is 2.29. The number of nitriles is 1. The molecule has 0 amide bonds. The molecule has 1 rings (SSSR count). The van der Waals surface area contributed by atoms with Crippen molar-refractivity contribution in [3.63, 3.8) is 0 Å². The van der Waals surface area contributed by atoms with Crippen molar-refractivity contribution < 1.29 is 4.39 Å². The summed E-state index contributed by atoms with van der Waals surface area (Å²) in [5.74, 6) is -0.469. The Kier molecular flexibility index (Phi) is 3.89. The fraction of sp³-hybridized carbons (Fsp3) is 0.462. The normalized spacial score (nSPS) is 10.9. The van der Waals surface area contributed by atoms with Crippen LogP contribution in [-0.4, -0.2) is 6.54 Å². The zero-order valence-corrected chi connectivity index (χ0v) is 9.97. The van der Waals surface area contributed by atoms with Gasteiger partial charge < -0.3 is 5.32 Å². The van der Waals surface area contributed by atoms with Gasteiger partial charge in [-0.3, -0.25) is 0 Å². The van der Waals surface area contributed by atoms with Crippen LogP contribution >= 0.6 is 0 Å². The molecule has 0 unspecified atom stereocenters. The van der Waals surface area contributed by atoms with Crippen molar-refractivity contribution in [1.82, 2.24) is 0 Å². The molecule has 1 aromatic carbocycles. The predicted molar refractivity (Wildman–Crippen MR) is 63.7 cm³/mol. The third kappa shape index (κ3) is 3.90. The first kappa shape index (κ1) is 12.5. The van der Waals surface area contributed by atoms with E-state index < -0.39 is 5.82 Å². The highest BCUT2D eigenvalue weighted by Gasteiger charge is 2.09. The number of benzene rings is 1. The van der Waals surface area contributed by atoms with Crippen LogP contribution in [0, 0.1) is 22.6 Å². The number of nitrogens with zero attached hydrogens (tertiary/aromatic N) is 1. The van der Waals surface area contributed by atoms with Gasteiger partial charge in [0.25, 0.3) is 0 Å². The second-order valence-electron chi connectivity index (χ2n) is 5.04. The van der Waals surface area contributed by atoms with E-state index in [1.165, 1.54) is 12.1 Å². The quantitative estimate of drug-likeness (QED) is 0.845. The largest absolute Gasteiger partial charge is 0.385 e. The number of nitrogens with one attached hydrogen (secondary N) is 1. The molecule has 0 aromatic heterocycles. The van der Waals surface area contributed by atoms with Gasteiger partial charge in [0, 0.05) is 12.2 Å². The number of hydrogen-bond acceptors (Lipinski definition) is 2. The molecular weight excluding hydrogens is 203 g/mol. The van der Waals surface area contributed by atoms with Gasteiger partial charge in [-0.15, -0.1) is 0 Å². The molecule has 0 heterocycles. The molecule has 0 saturated carbocycles. The maximum absolute atomic E-state index is 13.2. The van der Waals surface area contributed by atoms with E-state index >= 15 is 0 Å². The molecule has 0 aliphatic heterocycles. The topological polar surface area (TPSA) is 35.8 Å². The molecule has 16 heavy (non-hydrogen) atoms. The fourth-order valence-corrected chi connectivity index (χ4v) is 1.30. The van der Waals surface area contributed by atoms with E-state index in [0.717, 1.165) is 18.7 Å². The van der Waals surface area contributed by atoms with Crippen LogP contribution in [0.25, 0.3) is 0 Å². The van der Waals surface area contributed by atoms with Crippen LogP contribution < -0.4 is 5.32 Å². The number of halogens is 1. The monoisotopic (exact) mass is 220 g/mol. The first-order valence-corrected chi connectivity index (χ1v) is 5.36. The summed E-state index contributed by atoms with van der Waals surface area (Å²) in [5.41, 5.74) is 1.07. The number of rotatable bonds is 3. The van der Waals surface area contributed by atoms with Gasteiger partial charge in [-0.25, -0.2) is 4.39 Å². The molecule has 0 atom stereocenters. The average Bonchev–Trinajstić information content (AvgIpc) is 2.16. The van der Waals surface area contributed by atoms with Crippen molar-refractivity contribution >= 4 is 5.69 Å². The summed E-state index contributed by atoms with van der Waals surface area (Å²) in [6, 6.07) is 6.38. The molecule has 0 spiro atoms. The van der Waals surface area contributed by atoms with Crippen LogP contribution in [0.5, 0.6) is 0 Å². The molecule has 0 bridgehead atoms. The standard InChI is InChI=1S/C13H17FN2/c1-13(2,3)6-7-16-11-5-4-10(9-15)12(14)8-11/h4-5,8,16H,6-7H2,1-3H3. The Labute approximate surface area is 96.1 Å². The first-order chi connectivity index (χ1) is 7.42. The Morgan fingerprint density at radius 1 is 1.38 bits per heavy atom. The molecular formula is C13H17FN2. The SMILES string of the molecule is CC(C)(C)CCNc1ccc(C#N)c(F)c1. The van der Waals surface area contributed by atoms with E-state index in [9.17, 15) is 4.39 Å². The van der Waals surface area contributed by atoms with Gasteiger partial charge in [0.05, 0.1) is 5.56 Å². The van der Waals surface area contributed by atoms with Crippen LogP contribution in [0.3, 0.4) is 0 Å². The lowest BCUT2D eigenvalue weighted by Gasteiger charge is -2.18. The first-order valence-electron chi connectivity index (χ1n) is 5.36. The average molecular weight is 220 g/mol. The highest BCUT2D eigenvalue weighted by molar-refractivity contribution is 5.48. The van der Waals surface area contributed by atoms with Crippen molar-refractivity contribution in [3.05, 3.63) is 29.6 Å². The van der Waals surface area contributed by atoms with Crippen LogP contribution in [-0.2, 0) is 0 Å². The third-order valence-corrected chi connectivity index (χ3v) is 2.29. The van der Waals surface area contributed by atoms with Gasteiger partial charge in [0.1, 0.15) is 11.9 Å². The van der Waals surface area contributed by atoms with Crippen LogP contribution in [0.2, 0.25) is 0 Å². The van der Waals surface area contributed by atoms with E-state index in [1.54, 1.807) is 12.1 Å². The van der Waals surface area contributed by atoms with Crippen molar-refractivity contribution in [2.75, 3.05) is 11.9 Å². The summed E-state index contributed by atoms with van der Waals surface area (Å²) in [7, 11) is 0. The molecule has 2 nitrogen and oxygen atoms in total. The predicted octanol–water partition coefficient (Wildman–Crippen LogP) is 3.55. The minimum Gasteiger partial charge on any atom is -0.385 e. The van der Waals surface area contributed by atoms with E-state index in [4.69, 9.17) is 5.26 Å². The van der Waals surface area contributed by atoms with Crippen LogP contribution in [0.4, 0.5) is 10.1 Å². The van der Waals surface area contributed by atoms with Crippen molar-refractivity contribution in [3.8, 4) is 6.07 Å². The minimum atomic E-state index is -0.469. The van der Waals surface area contributed by atoms with E-state index in [0.29, 0.717) is 0 Å². The Balaban J connectivity index is 2.57. The molecule has 3 heteroatoms. The van der Waals surface area contributed by atoms with Gasteiger partial charge >= 0.3 is 0 Å². The lowest BCUT2D eigenvalue weighted by Crippen LogP contribution is -2.12. The van der Waals surface area contributed by atoms with Crippen molar-refractivity contribution in [2.45, 2.75) is 27.2 Å². The second-order valence-corrected chi connectivity index (χ2v) is 5.04. The Morgan fingerprint density at radius 2 is 2.06 bits per heavy atom. The van der Waals surface area contributed by atoms with Crippen LogP contribution in [0.1, 0.15) is 32.8 Å². The summed E-state index contributed by atoms with van der Waals surface area (Å²) in [6.45, 7) is 7.28. The van der Waals surface area contributed by atoms with Gasteiger partial charge in [0.15, 0.2) is 0 Å². The highest BCUT2D eigenvalue weighted by Crippen LogP contribution is 2.19. The molecule has 0 radical (unpaired) electrons. The second kappa shape index (κ2) is 4.98. The van der Waals surface area contributed by atoms with Crippen molar-refractivity contribution in [2.24, 2.45) is 5.41 Å². The zero-order valence-electron chi connectivity index (χ0n) is 9.97. The maximum Gasteiger partial charge on any atom is 0.143 e. The van der Waals surface area contributed by atoms with E-state index in [-0.39, 0.29) is 11.0 Å². The van der Waals surface area contributed by atoms with Gasteiger partial charge in [0.2, 0.25) is 0 Å². The molecule has 1 N–H and O–H groups in total. The Bertz CT molecular complexity index is 399. The fourth-order valence-electron chi connectivity index (χ4n) is 1.30. The molecule has 0 fully saturated rings. The maximum atomic E-state index is 13.2. The van der Waals surface area contributed by atoms with Gasteiger partial charge in [-0.05, 0) is 30.0 Å². The van der Waals surface area contributed by atoms with Gasteiger partial charge in [-0.2, -0.15) is 5.26 Å². The summed E-state index contributed by atoms with van der Waals surface area (Å²) in [5, 5.41) is 11.7. The Hall–Kier alpha value is -1.56. The minimum absolute atomic E-state index is 0.0846. The smallest absolute Gasteiger partial charge is 0.143 e.